The van der Waals surface area contributed by atoms with Gasteiger partial charge in [0.1, 0.15) is 0 Å². The van der Waals surface area contributed by atoms with Crippen LogP contribution in [0.15, 0.2) is 0 Å². The Morgan fingerprint density at radius 1 is 1.00 bits per heavy atom. The normalized spacial score (nSPS) is 56.1. The fourth-order valence-electron chi connectivity index (χ4n) is 6.67. The van der Waals surface area contributed by atoms with Gasteiger partial charge in [-0.15, -0.1) is 0 Å². The molecule has 4 fully saturated rings. The Bertz CT molecular complexity index is 466. The van der Waals surface area contributed by atoms with Crippen LogP contribution in [0.1, 0.15) is 65.2 Å². The van der Waals surface area contributed by atoms with Crippen LogP contribution in [0, 0.1) is 28.6 Å². The van der Waals surface area contributed by atoms with E-state index in [2.05, 4.69) is 19.2 Å². The molecule has 7 atom stereocenters. The van der Waals surface area contributed by atoms with Gasteiger partial charge in [0.15, 0.2) is 0 Å². The molecule has 118 valence electrons. The maximum absolute atomic E-state index is 10.5. The zero-order chi connectivity index (χ0) is 14.8. The van der Waals surface area contributed by atoms with Crippen LogP contribution in [0.3, 0.4) is 0 Å². The molecular weight excluding hydrogens is 278 g/mol. The minimum absolute atomic E-state index is 0.0500. The molecule has 21 heavy (non-hydrogen) atoms. The number of hydrogen-bond acceptors (Lipinski definition) is 2. The highest BCUT2D eigenvalue weighted by atomic mass is 32.1. The quantitative estimate of drug-likeness (QED) is 0.670. The van der Waals surface area contributed by atoms with Crippen LogP contribution < -0.4 is 5.32 Å². The molecule has 0 aromatic heterocycles. The summed E-state index contributed by atoms with van der Waals surface area (Å²) in [6.07, 6.45) is 9.76. The molecule has 0 aromatic carbocycles. The lowest BCUT2D eigenvalue weighted by Crippen LogP contribution is -2.60. The lowest BCUT2D eigenvalue weighted by atomic mass is 9.47. The highest BCUT2D eigenvalue weighted by Crippen LogP contribution is 2.63. The molecule has 3 aliphatic carbocycles. The number of nitrogens with one attached hydrogen (secondary N) is 1. The van der Waals surface area contributed by atoms with Crippen LogP contribution in [0.4, 0.5) is 0 Å². The van der Waals surface area contributed by atoms with Crippen LogP contribution in [0.5, 0.6) is 0 Å². The summed E-state index contributed by atoms with van der Waals surface area (Å²) < 4.78 is 0. The summed E-state index contributed by atoms with van der Waals surface area (Å²) in [4.78, 5) is 1.09. The van der Waals surface area contributed by atoms with E-state index in [9.17, 15) is 5.11 Å². The largest absolute Gasteiger partial charge is 0.393 e. The summed E-state index contributed by atoms with van der Waals surface area (Å²) in [7, 11) is 0. The molecule has 2 nitrogen and oxygen atoms in total. The van der Waals surface area contributed by atoms with Crippen LogP contribution in [-0.2, 0) is 0 Å². The number of hydrogen-bond donors (Lipinski definition) is 2. The molecule has 1 saturated heterocycles. The van der Waals surface area contributed by atoms with Gasteiger partial charge in [0.25, 0.3) is 0 Å². The molecule has 0 amide bonds. The van der Waals surface area contributed by atoms with Gasteiger partial charge in [-0.3, -0.25) is 0 Å². The number of aliphatic hydroxyl groups excluding tert-OH is 1. The summed E-state index contributed by atoms with van der Waals surface area (Å²) in [5, 5.41) is 14.1. The second kappa shape index (κ2) is 4.67. The van der Waals surface area contributed by atoms with Crippen molar-refractivity contribution < 1.29 is 5.11 Å². The van der Waals surface area contributed by atoms with Gasteiger partial charge >= 0.3 is 0 Å². The summed E-state index contributed by atoms with van der Waals surface area (Å²) in [6.45, 7) is 4.89. The van der Waals surface area contributed by atoms with Crippen LogP contribution >= 0.6 is 12.2 Å². The predicted octanol–water partition coefficient (Wildman–Crippen LogP) is 3.67. The van der Waals surface area contributed by atoms with Gasteiger partial charge in [-0.25, -0.2) is 0 Å². The monoisotopic (exact) mass is 307 g/mol. The Morgan fingerprint density at radius 3 is 2.57 bits per heavy atom. The van der Waals surface area contributed by atoms with Gasteiger partial charge in [-0.1, -0.05) is 26.1 Å². The molecule has 4 rings (SSSR count). The standard InChI is InChI=1S/C18H29NOS/c1-17-10-8-16(21)19-14(17)5-3-11-12-4-6-15(20)18(12,2)9-7-13(11)17/h11-15,20H,3-10H2,1-2H3,(H,19,21)/t11-,12-,13-,14+,15-,17+,18-/m0/s1. The van der Waals surface area contributed by atoms with Crippen molar-refractivity contribution in [2.75, 3.05) is 0 Å². The third-order valence-corrected chi connectivity index (χ3v) is 8.37. The molecule has 2 N–H and O–H groups in total. The average Bonchev–Trinajstić information content (AvgIpc) is 2.76. The molecule has 0 bridgehead atoms. The van der Waals surface area contributed by atoms with Crippen molar-refractivity contribution in [2.45, 2.75) is 77.4 Å². The van der Waals surface area contributed by atoms with E-state index in [-0.39, 0.29) is 11.5 Å². The third kappa shape index (κ3) is 1.89. The summed E-state index contributed by atoms with van der Waals surface area (Å²) in [5.74, 6) is 2.45. The second-order valence-corrected chi connectivity index (χ2v) is 9.21. The zero-order valence-corrected chi connectivity index (χ0v) is 14.2. The van der Waals surface area contributed by atoms with Crippen molar-refractivity contribution in [3.05, 3.63) is 0 Å². The number of aliphatic hydroxyl groups is 1. The first-order valence-electron chi connectivity index (χ1n) is 8.92. The van der Waals surface area contributed by atoms with Gasteiger partial charge in [0.05, 0.1) is 11.1 Å². The van der Waals surface area contributed by atoms with Crippen LogP contribution in [-0.4, -0.2) is 22.2 Å². The van der Waals surface area contributed by atoms with Crippen LogP contribution in [0.25, 0.3) is 0 Å². The fourth-order valence-corrected chi connectivity index (χ4v) is 6.92. The van der Waals surface area contributed by atoms with Crippen molar-refractivity contribution in [3.63, 3.8) is 0 Å². The van der Waals surface area contributed by atoms with Gasteiger partial charge < -0.3 is 10.4 Å². The molecule has 0 radical (unpaired) electrons. The number of fused-ring (bicyclic) bond motifs is 5. The summed E-state index contributed by atoms with van der Waals surface area (Å²) >= 11 is 5.43. The first kappa shape index (κ1) is 14.4. The van der Waals surface area contributed by atoms with Gasteiger partial charge in [-0.2, -0.15) is 0 Å². The van der Waals surface area contributed by atoms with Crippen molar-refractivity contribution >= 4 is 17.2 Å². The average molecular weight is 308 g/mol. The number of rotatable bonds is 0. The first-order valence-corrected chi connectivity index (χ1v) is 9.33. The molecule has 0 spiro atoms. The van der Waals surface area contributed by atoms with E-state index in [0.717, 1.165) is 35.6 Å². The third-order valence-electron chi connectivity index (χ3n) is 8.04. The van der Waals surface area contributed by atoms with E-state index < -0.39 is 0 Å². The molecule has 0 aromatic rings. The van der Waals surface area contributed by atoms with Gasteiger partial charge in [0.2, 0.25) is 0 Å². The molecule has 4 aliphatic rings. The predicted molar refractivity (Wildman–Crippen MR) is 89.1 cm³/mol. The van der Waals surface area contributed by atoms with E-state index in [1.807, 2.05) is 0 Å². The minimum Gasteiger partial charge on any atom is -0.393 e. The second-order valence-electron chi connectivity index (χ2n) is 8.72. The Kier molecular flexibility index (Phi) is 3.21. The number of piperidine rings is 1. The van der Waals surface area contributed by atoms with Gasteiger partial charge in [0, 0.05) is 6.04 Å². The minimum atomic E-state index is -0.0500. The lowest BCUT2D eigenvalue weighted by molar-refractivity contribution is -0.0998. The van der Waals surface area contributed by atoms with Crippen molar-refractivity contribution in [1.82, 2.24) is 5.32 Å². The lowest BCUT2D eigenvalue weighted by Gasteiger charge is -2.60. The Morgan fingerprint density at radius 2 is 1.76 bits per heavy atom. The Hall–Kier alpha value is -0.150. The zero-order valence-electron chi connectivity index (χ0n) is 13.4. The van der Waals surface area contributed by atoms with E-state index in [0.29, 0.717) is 11.5 Å². The van der Waals surface area contributed by atoms with Crippen LogP contribution in [0.2, 0.25) is 0 Å². The molecule has 0 unspecified atom stereocenters. The van der Waals surface area contributed by atoms with Crippen molar-refractivity contribution in [3.8, 4) is 0 Å². The maximum Gasteiger partial charge on any atom is 0.0755 e. The molecule has 3 heteroatoms. The molecule has 1 heterocycles. The van der Waals surface area contributed by atoms with Crippen molar-refractivity contribution in [1.29, 1.82) is 0 Å². The Balaban J connectivity index is 1.64. The first-order chi connectivity index (χ1) is 9.95. The highest BCUT2D eigenvalue weighted by molar-refractivity contribution is 7.80. The Labute approximate surface area is 134 Å². The van der Waals surface area contributed by atoms with Gasteiger partial charge in [-0.05, 0) is 80.0 Å². The summed E-state index contributed by atoms with van der Waals surface area (Å²) in [6, 6.07) is 0.607. The maximum atomic E-state index is 10.5. The number of thiocarbonyl (C=S) groups is 1. The molecule has 1 aliphatic heterocycles. The smallest absolute Gasteiger partial charge is 0.0755 e. The fraction of sp³-hybridized carbons (Fsp3) is 0.944. The van der Waals surface area contributed by atoms with E-state index in [1.54, 1.807) is 0 Å². The van der Waals surface area contributed by atoms with E-state index >= 15 is 0 Å². The SMILES string of the molecule is C[C@]12CCC(=S)N[C@@H]1CC[C@@H]1[C@@H]2CC[C@]2(C)[C@@H](O)CC[C@@H]12. The molecular formula is C18H29NOS. The molecule has 3 saturated carbocycles. The van der Waals surface area contributed by atoms with Crippen molar-refractivity contribution in [2.24, 2.45) is 28.6 Å². The summed E-state index contributed by atoms with van der Waals surface area (Å²) in [5.41, 5.74) is 0.641. The van der Waals surface area contributed by atoms with E-state index in [4.69, 9.17) is 12.2 Å². The van der Waals surface area contributed by atoms with E-state index in [1.165, 1.54) is 38.5 Å². The topological polar surface area (TPSA) is 32.3 Å². The highest BCUT2D eigenvalue weighted by Gasteiger charge is 2.59.